The molecule has 3 aromatic rings. The third kappa shape index (κ3) is 7.95. The Hall–Kier alpha value is -4.73. The zero-order valence-electron chi connectivity index (χ0n) is 29.2. The van der Waals surface area contributed by atoms with Crippen molar-refractivity contribution in [3.63, 3.8) is 0 Å². The number of carbonyl (C=O) groups excluding carboxylic acids is 1. The van der Waals surface area contributed by atoms with E-state index < -0.39 is 12.2 Å². The maximum Gasteiger partial charge on any atom is 0.297 e. The van der Waals surface area contributed by atoms with E-state index in [0.29, 0.717) is 49.3 Å². The molecule has 3 atom stereocenters. The fourth-order valence-corrected chi connectivity index (χ4v) is 6.64. The summed E-state index contributed by atoms with van der Waals surface area (Å²) in [4.78, 5) is 40.7. The van der Waals surface area contributed by atoms with Gasteiger partial charge in [-0.2, -0.15) is 0 Å². The van der Waals surface area contributed by atoms with E-state index in [2.05, 4.69) is 37.1 Å². The molecule has 7 heterocycles. The van der Waals surface area contributed by atoms with Crippen molar-refractivity contribution >= 4 is 23.6 Å². The number of H-pyrrole nitrogens is 1. The number of aliphatic hydroxyl groups is 1. The summed E-state index contributed by atoms with van der Waals surface area (Å²) < 4.78 is 43.5. The maximum absolute atomic E-state index is 13.1. The largest absolute Gasteiger partial charge is 0.479 e. The number of halogens is 2. The molecule has 3 unspecified atom stereocenters. The molecule has 0 amide bonds. The van der Waals surface area contributed by atoms with Gasteiger partial charge in [0.1, 0.15) is 29.5 Å². The van der Waals surface area contributed by atoms with Crippen LogP contribution < -0.4 is 25.4 Å². The third-order valence-corrected chi connectivity index (χ3v) is 9.33. The molecule has 0 radical (unpaired) electrons. The molecular formula is C36H45F2N7O6. The summed E-state index contributed by atoms with van der Waals surface area (Å²) in [6.07, 6.45) is 11.2. The highest BCUT2D eigenvalue weighted by Crippen LogP contribution is 2.46. The third-order valence-electron chi connectivity index (χ3n) is 9.33. The molecule has 0 aromatic carbocycles. The summed E-state index contributed by atoms with van der Waals surface area (Å²) in [5.41, 5.74) is 2.83. The van der Waals surface area contributed by atoms with Crippen molar-refractivity contribution in [1.82, 2.24) is 19.9 Å². The smallest absolute Gasteiger partial charge is 0.297 e. The highest BCUT2D eigenvalue weighted by Gasteiger charge is 2.50. The summed E-state index contributed by atoms with van der Waals surface area (Å²) in [7, 11) is 2.83. The Bertz CT molecular complexity index is 1760. The van der Waals surface area contributed by atoms with Crippen LogP contribution in [0.25, 0.3) is 11.1 Å². The van der Waals surface area contributed by atoms with E-state index >= 15 is 0 Å². The number of alkyl halides is 2. The number of aldehydes is 1. The van der Waals surface area contributed by atoms with Gasteiger partial charge in [0.15, 0.2) is 17.4 Å². The number of hydrogen-bond acceptors (Lipinski definition) is 12. The molecule has 3 saturated heterocycles. The van der Waals surface area contributed by atoms with E-state index in [1.54, 1.807) is 12.4 Å². The van der Waals surface area contributed by atoms with E-state index in [1.165, 1.54) is 6.92 Å². The van der Waals surface area contributed by atoms with E-state index in [9.17, 15) is 13.6 Å². The molecule has 0 saturated carbocycles. The number of anilines is 3. The van der Waals surface area contributed by atoms with Crippen LogP contribution in [0.15, 0.2) is 59.7 Å². The number of carbonyl (C=O) groups is 1. The van der Waals surface area contributed by atoms with Crippen molar-refractivity contribution < 1.29 is 32.9 Å². The van der Waals surface area contributed by atoms with Gasteiger partial charge in [-0.3, -0.25) is 4.79 Å². The van der Waals surface area contributed by atoms with Crippen LogP contribution in [0.2, 0.25) is 0 Å². The summed E-state index contributed by atoms with van der Waals surface area (Å²) in [5.74, 6) is 1.40. The fourth-order valence-electron chi connectivity index (χ4n) is 6.64. The number of nitrogens with zero attached hydrogens (tertiary/aromatic N) is 5. The highest BCUT2D eigenvalue weighted by atomic mass is 19.3. The van der Waals surface area contributed by atoms with Gasteiger partial charge in [0.25, 0.3) is 12.0 Å². The first kappa shape index (κ1) is 37.5. The van der Waals surface area contributed by atoms with Crippen LogP contribution in [0.5, 0.6) is 5.75 Å². The molecule has 15 heteroatoms. The molecule has 274 valence electrons. The lowest BCUT2D eigenvalue weighted by Crippen LogP contribution is -2.68. The second-order valence-corrected chi connectivity index (χ2v) is 12.3. The zero-order chi connectivity index (χ0) is 36.5. The number of rotatable bonds is 5. The molecule has 1 aliphatic carbocycles. The second-order valence-electron chi connectivity index (χ2n) is 12.3. The van der Waals surface area contributed by atoms with Gasteiger partial charge in [0, 0.05) is 51.7 Å². The number of aromatic amines is 1. The van der Waals surface area contributed by atoms with Crippen LogP contribution in [0.1, 0.15) is 50.6 Å². The SMILES string of the molecule is CC=O.CNc1cc(-c2c[nH]c(=O)c(N3CCOC4(COC4)C3C)c2)ccn1.CO.FC(F)c1nc2c(c(N3CCCC3)n1)OC1C=CC=CC21. The van der Waals surface area contributed by atoms with Crippen molar-refractivity contribution in [1.29, 1.82) is 0 Å². The predicted molar refractivity (Wildman–Crippen MR) is 190 cm³/mol. The van der Waals surface area contributed by atoms with Gasteiger partial charge in [0.2, 0.25) is 0 Å². The number of allylic oxidation sites excluding steroid dienone is 2. The molecule has 51 heavy (non-hydrogen) atoms. The number of aliphatic hydroxyl groups excluding tert-OH is 1. The number of nitrogens with one attached hydrogen (secondary N) is 2. The lowest BCUT2D eigenvalue weighted by atomic mass is 9.90. The van der Waals surface area contributed by atoms with Gasteiger partial charge in [-0.05, 0) is 56.5 Å². The molecule has 0 bridgehead atoms. The molecule has 4 aliphatic heterocycles. The minimum absolute atomic E-state index is 0.0802. The van der Waals surface area contributed by atoms with Gasteiger partial charge in [-0.15, -0.1) is 0 Å². The number of hydrogen-bond donors (Lipinski definition) is 3. The molecule has 3 N–H and O–H groups in total. The topological polar surface area (TPSA) is 155 Å². The summed E-state index contributed by atoms with van der Waals surface area (Å²) in [5, 5.41) is 10.0. The van der Waals surface area contributed by atoms with Crippen LogP contribution in [-0.2, 0) is 14.3 Å². The average Bonchev–Trinajstić information content (AvgIpc) is 3.81. The van der Waals surface area contributed by atoms with Gasteiger partial charge >= 0.3 is 0 Å². The van der Waals surface area contributed by atoms with Crippen LogP contribution in [0.3, 0.4) is 0 Å². The number of pyridine rings is 2. The summed E-state index contributed by atoms with van der Waals surface area (Å²) >= 11 is 0. The fraction of sp³-hybridized carbons (Fsp3) is 0.472. The first-order chi connectivity index (χ1) is 24.8. The van der Waals surface area contributed by atoms with Crippen molar-refractivity contribution in [2.24, 2.45) is 0 Å². The van der Waals surface area contributed by atoms with Gasteiger partial charge in [-0.25, -0.2) is 23.7 Å². The predicted octanol–water partition coefficient (Wildman–Crippen LogP) is 4.27. The van der Waals surface area contributed by atoms with Crippen LogP contribution in [-0.4, -0.2) is 103 Å². The Morgan fingerprint density at radius 2 is 1.82 bits per heavy atom. The number of morpholine rings is 1. The lowest BCUT2D eigenvalue weighted by molar-refractivity contribution is -0.228. The number of ether oxygens (including phenoxy) is 3. The number of fused-ring (bicyclic) bond motifs is 3. The van der Waals surface area contributed by atoms with E-state index in [1.807, 2.05) is 54.5 Å². The Morgan fingerprint density at radius 3 is 2.49 bits per heavy atom. The van der Waals surface area contributed by atoms with Crippen LogP contribution in [0, 0.1) is 0 Å². The monoisotopic (exact) mass is 709 g/mol. The van der Waals surface area contributed by atoms with Crippen molar-refractivity contribution in [2.45, 2.75) is 56.8 Å². The van der Waals surface area contributed by atoms with E-state index in [0.717, 1.165) is 56.3 Å². The van der Waals surface area contributed by atoms with E-state index in [4.69, 9.17) is 24.1 Å². The lowest BCUT2D eigenvalue weighted by Gasteiger charge is -2.53. The molecule has 13 nitrogen and oxygen atoms in total. The minimum Gasteiger partial charge on any atom is -0.479 e. The molecule has 3 fully saturated rings. The van der Waals surface area contributed by atoms with Crippen LogP contribution >= 0.6 is 0 Å². The zero-order valence-corrected chi connectivity index (χ0v) is 29.2. The molecule has 8 rings (SSSR count). The normalized spacial score (nSPS) is 21.8. The number of aromatic nitrogens is 4. The van der Waals surface area contributed by atoms with Gasteiger partial charge < -0.3 is 44.2 Å². The van der Waals surface area contributed by atoms with Crippen molar-refractivity contribution in [2.75, 3.05) is 68.7 Å². The Labute approximate surface area is 295 Å². The van der Waals surface area contributed by atoms with Gasteiger partial charge in [0.05, 0.1) is 37.5 Å². The first-order valence-electron chi connectivity index (χ1n) is 16.9. The first-order valence-corrected chi connectivity index (χ1v) is 16.9. The molecule has 5 aliphatic rings. The molecule has 3 aromatic heterocycles. The maximum atomic E-state index is 13.1. The minimum atomic E-state index is -2.67. The highest BCUT2D eigenvalue weighted by molar-refractivity contribution is 5.69. The van der Waals surface area contributed by atoms with Gasteiger partial charge in [-0.1, -0.05) is 18.2 Å². The molecule has 1 spiro atoms. The van der Waals surface area contributed by atoms with Crippen molar-refractivity contribution in [3.8, 4) is 16.9 Å². The standard InChI is InChI=1S/C18H22N4O3.C15H15F2N3O.C2H4O.CH4O/c1-12-18(10-24-11-18)25-6-5-22(12)15-7-14(9-21-17(15)23)13-3-4-20-16(8-13)19-2;16-13(17)14-18-11-9-5-1-2-6-10(9)21-12(11)15(19-14)20-7-3-4-8-20;1-2-3;1-2/h3-4,7-9,12H,5-6,10-11H2,1-2H3,(H,19,20)(H,21,23);1-2,5-6,9-10,13H,3-4,7-8H2;2H,1H3;2H,1H3. The quantitative estimate of drug-likeness (QED) is 0.324. The Morgan fingerprint density at radius 1 is 1.10 bits per heavy atom. The van der Waals surface area contributed by atoms with E-state index in [-0.39, 0.29) is 29.2 Å². The summed E-state index contributed by atoms with van der Waals surface area (Å²) in [6, 6.07) is 5.92. The summed E-state index contributed by atoms with van der Waals surface area (Å²) in [6.45, 7) is 7.65. The molecular weight excluding hydrogens is 664 g/mol. The Balaban J connectivity index is 0.000000178. The van der Waals surface area contributed by atoms with Crippen molar-refractivity contribution in [3.05, 3.63) is 76.8 Å². The van der Waals surface area contributed by atoms with Crippen LogP contribution in [0.4, 0.5) is 26.1 Å². The second kappa shape index (κ2) is 17.0. The Kier molecular flexibility index (Phi) is 12.5. The average molecular weight is 710 g/mol.